The van der Waals surface area contributed by atoms with Gasteiger partial charge in [0.05, 0.1) is 6.54 Å². The minimum absolute atomic E-state index is 0.0358. The van der Waals surface area contributed by atoms with Gasteiger partial charge in [-0.15, -0.1) is 0 Å². The summed E-state index contributed by atoms with van der Waals surface area (Å²) in [6, 6.07) is 2.15. The molecule has 1 amide bonds. The summed E-state index contributed by atoms with van der Waals surface area (Å²) in [4.78, 5) is 16.9. The number of carbonyl (C=O) groups excluding carboxylic acids is 1. The van der Waals surface area contributed by atoms with Crippen LogP contribution in [0.2, 0.25) is 0 Å². The summed E-state index contributed by atoms with van der Waals surface area (Å²) in [5.74, 6) is 1.26. The van der Waals surface area contributed by atoms with E-state index in [1.54, 1.807) is 6.07 Å². The van der Waals surface area contributed by atoms with E-state index in [-0.39, 0.29) is 5.91 Å². The van der Waals surface area contributed by atoms with Gasteiger partial charge >= 0.3 is 0 Å². The van der Waals surface area contributed by atoms with E-state index in [0.29, 0.717) is 29.6 Å². The Kier molecular flexibility index (Phi) is 4.50. The molecule has 5 nitrogen and oxygen atoms in total. The molecular weight excluding hydrogens is 290 g/mol. The number of nitrogens with zero attached hydrogens (tertiary/aromatic N) is 3. The summed E-state index contributed by atoms with van der Waals surface area (Å²) in [5.41, 5.74) is 0.816. The monoisotopic (exact) mass is 319 g/mol. The molecule has 1 saturated heterocycles. The van der Waals surface area contributed by atoms with Crippen molar-refractivity contribution >= 4 is 5.91 Å². The highest BCUT2D eigenvalue weighted by Crippen LogP contribution is 2.51. The van der Waals surface area contributed by atoms with Gasteiger partial charge in [-0.05, 0) is 32.9 Å². The zero-order valence-corrected chi connectivity index (χ0v) is 14.8. The maximum atomic E-state index is 12.9. The zero-order valence-electron chi connectivity index (χ0n) is 14.8. The first kappa shape index (κ1) is 16.5. The Morgan fingerprint density at radius 3 is 2.70 bits per heavy atom. The standard InChI is InChI=1S/C18H29N3O2/c1-13(2)16-18(8-6-5-7-9-18)12-21(16)17(22)15-10-14(23-19-15)11-20(3)4/h10,13,16H,5-9,11-12H2,1-4H3. The normalized spacial score (nSPS) is 23.6. The molecule has 1 aliphatic carbocycles. The zero-order chi connectivity index (χ0) is 16.6. The molecule has 5 heteroatoms. The molecule has 0 bridgehead atoms. The van der Waals surface area contributed by atoms with E-state index in [0.717, 1.165) is 12.3 Å². The molecule has 0 radical (unpaired) electrons. The van der Waals surface area contributed by atoms with Crippen molar-refractivity contribution in [3.63, 3.8) is 0 Å². The van der Waals surface area contributed by atoms with Crippen LogP contribution in [0, 0.1) is 11.3 Å². The summed E-state index contributed by atoms with van der Waals surface area (Å²) >= 11 is 0. The summed E-state index contributed by atoms with van der Waals surface area (Å²) in [6.07, 6.45) is 6.50. The maximum absolute atomic E-state index is 12.9. The van der Waals surface area contributed by atoms with E-state index in [4.69, 9.17) is 4.52 Å². The third-order valence-electron chi connectivity index (χ3n) is 5.44. The van der Waals surface area contributed by atoms with Gasteiger partial charge < -0.3 is 14.3 Å². The number of rotatable bonds is 4. The molecule has 1 atom stereocenters. The fourth-order valence-electron chi connectivity index (χ4n) is 4.67. The lowest BCUT2D eigenvalue weighted by atomic mass is 9.59. The molecule has 1 aromatic heterocycles. The van der Waals surface area contributed by atoms with Gasteiger partial charge in [-0.25, -0.2) is 0 Å². The lowest BCUT2D eigenvalue weighted by molar-refractivity contribution is -0.0945. The summed E-state index contributed by atoms with van der Waals surface area (Å²) < 4.78 is 5.31. The summed E-state index contributed by atoms with van der Waals surface area (Å²) in [5, 5.41) is 4.01. The van der Waals surface area contributed by atoms with Crippen LogP contribution < -0.4 is 0 Å². The SMILES string of the molecule is CC(C)C1N(C(=O)c2cc(CN(C)C)on2)CC12CCCCC2. The Hall–Kier alpha value is -1.36. The van der Waals surface area contributed by atoms with E-state index >= 15 is 0 Å². The van der Waals surface area contributed by atoms with Crippen molar-refractivity contribution in [2.24, 2.45) is 11.3 Å². The van der Waals surface area contributed by atoms with E-state index in [1.165, 1.54) is 32.1 Å². The molecule has 2 aliphatic rings. The number of aromatic nitrogens is 1. The van der Waals surface area contributed by atoms with Gasteiger partial charge in [0.1, 0.15) is 0 Å². The second kappa shape index (κ2) is 6.27. The highest BCUT2D eigenvalue weighted by Gasteiger charge is 2.55. The fourth-order valence-corrected chi connectivity index (χ4v) is 4.67. The molecule has 2 heterocycles. The third-order valence-corrected chi connectivity index (χ3v) is 5.44. The van der Waals surface area contributed by atoms with Crippen LogP contribution in [-0.4, -0.2) is 47.5 Å². The fraction of sp³-hybridized carbons (Fsp3) is 0.778. The van der Waals surface area contributed by atoms with Crippen LogP contribution in [0.25, 0.3) is 0 Å². The van der Waals surface area contributed by atoms with Gasteiger partial charge in [-0.1, -0.05) is 38.3 Å². The van der Waals surface area contributed by atoms with Gasteiger partial charge in [-0.3, -0.25) is 4.79 Å². The van der Waals surface area contributed by atoms with Gasteiger partial charge in [0.15, 0.2) is 11.5 Å². The average Bonchev–Trinajstić information content (AvgIpc) is 2.92. The van der Waals surface area contributed by atoms with Crippen molar-refractivity contribution in [2.45, 2.75) is 58.5 Å². The lowest BCUT2D eigenvalue weighted by Gasteiger charge is -2.61. The molecule has 23 heavy (non-hydrogen) atoms. The first-order valence-electron chi connectivity index (χ1n) is 8.84. The number of carbonyl (C=O) groups is 1. The van der Waals surface area contributed by atoms with Crippen LogP contribution in [0.1, 0.15) is 62.2 Å². The van der Waals surface area contributed by atoms with Crippen LogP contribution in [0.5, 0.6) is 0 Å². The molecule has 1 saturated carbocycles. The topological polar surface area (TPSA) is 49.6 Å². The Balaban J connectivity index is 1.73. The Bertz CT molecular complexity index is 558. The molecule has 2 fully saturated rings. The first-order chi connectivity index (χ1) is 10.9. The lowest BCUT2D eigenvalue weighted by Crippen LogP contribution is -2.68. The average molecular weight is 319 g/mol. The maximum Gasteiger partial charge on any atom is 0.276 e. The Morgan fingerprint density at radius 1 is 1.39 bits per heavy atom. The number of hydrogen-bond acceptors (Lipinski definition) is 4. The molecular formula is C18H29N3O2. The highest BCUT2D eigenvalue weighted by atomic mass is 16.5. The van der Waals surface area contributed by atoms with Crippen molar-refractivity contribution < 1.29 is 9.32 Å². The Morgan fingerprint density at radius 2 is 2.09 bits per heavy atom. The number of likely N-dealkylation sites (tertiary alicyclic amines) is 1. The minimum Gasteiger partial charge on any atom is -0.359 e. The second-order valence-corrected chi connectivity index (χ2v) is 7.96. The van der Waals surface area contributed by atoms with E-state index < -0.39 is 0 Å². The molecule has 0 N–H and O–H groups in total. The smallest absolute Gasteiger partial charge is 0.276 e. The quantitative estimate of drug-likeness (QED) is 0.855. The van der Waals surface area contributed by atoms with Crippen molar-refractivity contribution in [3.8, 4) is 0 Å². The van der Waals surface area contributed by atoms with Crippen molar-refractivity contribution in [1.82, 2.24) is 15.0 Å². The third kappa shape index (κ3) is 3.03. The van der Waals surface area contributed by atoms with Gasteiger partial charge in [0.25, 0.3) is 5.91 Å². The van der Waals surface area contributed by atoms with Crippen LogP contribution >= 0.6 is 0 Å². The summed E-state index contributed by atoms with van der Waals surface area (Å²) in [6.45, 7) is 6.03. The molecule has 3 rings (SSSR count). The van der Waals surface area contributed by atoms with Crippen LogP contribution in [0.4, 0.5) is 0 Å². The number of amides is 1. The largest absolute Gasteiger partial charge is 0.359 e. The minimum atomic E-state index is 0.0358. The van der Waals surface area contributed by atoms with E-state index in [1.807, 2.05) is 23.9 Å². The Labute approximate surface area is 139 Å². The van der Waals surface area contributed by atoms with Crippen LogP contribution in [-0.2, 0) is 6.54 Å². The highest BCUT2D eigenvalue weighted by molar-refractivity contribution is 5.93. The number of hydrogen-bond donors (Lipinski definition) is 0. The molecule has 1 aromatic rings. The van der Waals surface area contributed by atoms with Crippen molar-refractivity contribution in [1.29, 1.82) is 0 Å². The predicted octanol–water partition coefficient (Wildman–Crippen LogP) is 3.17. The van der Waals surface area contributed by atoms with E-state index in [9.17, 15) is 4.79 Å². The molecule has 128 valence electrons. The molecule has 1 spiro atoms. The van der Waals surface area contributed by atoms with Crippen LogP contribution in [0.15, 0.2) is 10.6 Å². The van der Waals surface area contributed by atoms with Gasteiger partial charge in [-0.2, -0.15) is 0 Å². The van der Waals surface area contributed by atoms with E-state index in [2.05, 4.69) is 19.0 Å². The van der Waals surface area contributed by atoms with Crippen molar-refractivity contribution in [2.75, 3.05) is 20.6 Å². The van der Waals surface area contributed by atoms with Crippen molar-refractivity contribution in [3.05, 3.63) is 17.5 Å². The second-order valence-electron chi connectivity index (χ2n) is 7.96. The van der Waals surface area contributed by atoms with Gasteiger partial charge in [0.2, 0.25) is 0 Å². The molecule has 0 aromatic carbocycles. The van der Waals surface area contributed by atoms with Crippen LogP contribution in [0.3, 0.4) is 0 Å². The van der Waals surface area contributed by atoms with Gasteiger partial charge in [0, 0.05) is 24.1 Å². The first-order valence-corrected chi connectivity index (χ1v) is 8.84. The molecule has 1 aliphatic heterocycles. The molecule has 1 unspecified atom stereocenters. The summed E-state index contributed by atoms with van der Waals surface area (Å²) in [7, 11) is 3.95. The predicted molar refractivity (Wildman–Crippen MR) is 89.1 cm³/mol.